The van der Waals surface area contributed by atoms with E-state index in [2.05, 4.69) is 11.4 Å². The predicted octanol–water partition coefficient (Wildman–Crippen LogP) is 3.86. The van der Waals surface area contributed by atoms with Crippen LogP contribution in [0.25, 0.3) is 0 Å². The van der Waals surface area contributed by atoms with Crippen molar-refractivity contribution in [3.05, 3.63) is 70.5 Å². The Labute approximate surface area is 118 Å². The van der Waals surface area contributed by atoms with Gasteiger partial charge in [-0.2, -0.15) is 5.26 Å². The van der Waals surface area contributed by atoms with Gasteiger partial charge in [-0.05, 0) is 54.8 Å². The minimum Gasteiger partial charge on any atom is -0.306 e. The van der Waals surface area contributed by atoms with E-state index in [0.717, 1.165) is 16.7 Å². The van der Waals surface area contributed by atoms with Crippen LogP contribution in [0.3, 0.4) is 0 Å². The fourth-order valence-electron chi connectivity index (χ4n) is 2.12. The highest BCUT2D eigenvalue weighted by Crippen LogP contribution is 2.16. The van der Waals surface area contributed by atoms with E-state index in [4.69, 9.17) is 5.26 Å². The summed E-state index contributed by atoms with van der Waals surface area (Å²) in [6, 6.07) is 14.5. The number of hydrogen-bond donors (Lipinski definition) is 1. The van der Waals surface area contributed by atoms with Crippen LogP contribution in [0.2, 0.25) is 0 Å². The average Bonchev–Trinajstić information content (AvgIpc) is 2.45. The average molecular weight is 268 g/mol. The summed E-state index contributed by atoms with van der Waals surface area (Å²) in [6.07, 6.45) is 0. The van der Waals surface area contributed by atoms with E-state index in [0.29, 0.717) is 12.1 Å². The summed E-state index contributed by atoms with van der Waals surface area (Å²) in [5.41, 5.74) is 3.83. The van der Waals surface area contributed by atoms with Crippen LogP contribution >= 0.6 is 0 Å². The normalized spacial score (nSPS) is 11.9. The van der Waals surface area contributed by atoms with E-state index in [9.17, 15) is 4.39 Å². The van der Waals surface area contributed by atoms with Gasteiger partial charge in [0, 0.05) is 12.6 Å². The predicted molar refractivity (Wildman–Crippen MR) is 77.5 cm³/mol. The first kappa shape index (κ1) is 14.2. The number of nitrogens with one attached hydrogen (secondary N) is 1. The van der Waals surface area contributed by atoms with Crippen LogP contribution in [0.15, 0.2) is 42.5 Å². The Morgan fingerprint density at radius 3 is 2.70 bits per heavy atom. The van der Waals surface area contributed by atoms with Gasteiger partial charge in [-0.25, -0.2) is 4.39 Å². The van der Waals surface area contributed by atoms with E-state index in [1.54, 1.807) is 12.1 Å². The largest absolute Gasteiger partial charge is 0.306 e. The molecule has 2 nitrogen and oxygen atoms in total. The Morgan fingerprint density at radius 2 is 2.05 bits per heavy atom. The first-order valence-corrected chi connectivity index (χ1v) is 6.58. The fourth-order valence-corrected chi connectivity index (χ4v) is 2.12. The number of aryl methyl sites for hydroxylation is 1. The third-order valence-corrected chi connectivity index (χ3v) is 3.42. The second kappa shape index (κ2) is 6.31. The lowest BCUT2D eigenvalue weighted by atomic mass is 10.0. The molecule has 2 aromatic carbocycles. The Hall–Kier alpha value is -2.18. The highest BCUT2D eigenvalue weighted by molar-refractivity contribution is 5.37. The summed E-state index contributed by atoms with van der Waals surface area (Å²) in [7, 11) is 0. The summed E-state index contributed by atoms with van der Waals surface area (Å²) in [5.74, 6) is -0.217. The molecule has 0 saturated heterocycles. The molecule has 0 aliphatic heterocycles. The van der Waals surface area contributed by atoms with Crippen molar-refractivity contribution in [2.75, 3.05) is 0 Å². The van der Waals surface area contributed by atoms with Gasteiger partial charge in [-0.3, -0.25) is 0 Å². The minimum atomic E-state index is -0.217. The van der Waals surface area contributed by atoms with Crippen molar-refractivity contribution in [1.82, 2.24) is 5.32 Å². The van der Waals surface area contributed by atoms with Crippen molar-refractivity contribution >= 4 is 0 Å². The maximum absolute atomic E-state index is 13.2. The lowest BCUT2D eigenvalue weighted by Crippen LogP contribution is -2.18. The SMILES string of the molecule is Cc1cc(C#N)ccc1CN[C@H](C)c1cccc(F)c1. The van der Waals surface area contributed by atoms with Gasteiger partial charge < -0.3 is 5.32 Å². The van der Waals surface area contributed by atoms with E-state index in [1.807, 2.05) is 38.1 Å². The second-order valence-corrected chi connectivity index (χ2v) is 4.91. The van der Waals surface area contributed by atoms with Crippen molar-refractivity contribution < 1.29 is 4.39 Å². The monoisotopic (exact) mass is 268 g/mol. The van der Waals surface area contributed by atoms with E-state index < -0.39 is 0 Å². The van der Waals surface area contributed by atoms with Crippen LogP contribution in [0.1, 0.15) is 35.2 Å². The number of halogens is 1. The molecule has 0 aliphatic rings. The van der Waals surface area contributed by atoms with Gasteiger partial charge in [-0.1, -0.05) is 18.2 Å². The van der Waals surface area contributed by atoms with Crippen molar-refractivity contribution in [1.29, 1.82) is 5.26 Å². The van der Waals surface area contributed by atoms with Crippen LogP contribution in [-0.4, -0.2) is 0 Å². The molecule has 0 unspecified atom stereocenters. The molecule has 0 fully saturated rings. The third kappa shape index (κ3) is 3.43. The first-order valence-electron chi connectivity index (χ1n) is 6.58. The summed E-state index contributed by atoms with van der Waals surface area (Å²) < 4.78 is 13.2. The maximum atomic E-state index is 13.2. The minimum absolute atomic E-state index is 0.0701. The standard InChI is InChI=1S/C17H17FN2/c1-12-8-14(10-19)6-7-16(12)11-20-13(2)15-4-3-5-17(18)9-15/h3-9,13,20H,11H2,1-2H3/t13-/m1/s1. The molecule has 0 radical (unpaired) electrons. The molecule has 0 spiro atoms. The molecular formula is C17H17FN2. The summed E-state index contributed by atoms with van der Waals surface area (Å²) in [4.78, 5) is 0. The van der Waals surface area contributed by atoms with E-state index in [-0.39, 0.29) is 11.9 Å². The second-order valence-electron chi connectivity index (χ2n) is 4.91. The van der Waals surface area contributed by atoms with Crippen molar-refractivity contribution in [3.63, 3.8) is 0 Å². The van der Waals surface area contributed by atoms with Gasteiger partial charge in [0.25, 0.3) is 0 Å². The molecule has 20 heavy (non-hydrogen) atoms. The highest BCUT2D eigenvalue weighted by atomic mass is 19.1. The zero-order valence-electron chi connectivity index (χ0n) is 11.7. The van der Waals surface area contributed by atoms with Gasteiger partial charge in [-0.15, -0.1) is 0 Å². The zero-order chi connectivity index (χ0) is 14.5. The molecule has 1 atom stereocenters. The quantitative estimate of drug-likeness (QED) is 0.914. The molecular weight excluding hydrogens is 251 g/mol. The topological polar surface area (TPSA) is 35.8 Å². The summed E-state index contributed by atoms with van der Waals surface area (Å²) in [5, 5.41) is 12.2. The number of rotatable bonds is 4. The van der Waals surface area contributed by atoms with Gasteiger partial charge in [0.2, 0.25) is 0 Å². The number of hydrogen-bond acceptors (Lipinski definition) is 2. The van der Waals surface area contributed by atoms with Crippen molar-refractivity contribution in [2.45, 2.75) is 26.4 Å². The Morgan fingerprint density at radius 1 is 1.25 bits per heavy atom. The van der Waals surface area contributed by atoms with Gasteiger partial charge >= 0.3 is 0 Å². The fraction of sp³-hybridized carbons (Fsp3) is 0.235. The molecule has 0 bridgehead atoms. The molecule has 1 N–H and O–H groups in total. The van der Waals surface area contributed by atoms with Crippen molar-refractivity contribution in [2.24, 2.45) is 0 Å². The molecule has 0 amide bonds. The number of benzene rings is 2. The highest BCUT2D eigenvalue weighted by Gasteiger charge is 2.07. The lowest BCUT2D eigenvalue weighted by molar-refractivity contribution is 0.564. The Balaban J connectivity index is 2.04. The number of nitrogens with zero attached hydrogens (tertiary/aromatic N) is 1. The van der Waals surface area contributed by atoms with Crippen LogP contribution in [0.4, 0.5) is 4.39 Å². The Kier molecular flexibility index (Phi) is 4.49. The Bertz CT molecular complexity index is 644. The third-order valence-electron chi connectivity index (χ3n) is 3.42. The molecule has 102 valence electrons. The molecule has 3 heteroatoms. The lowest BCUT2D eigenvalue weighted by Gasteiger charge is -2.15. The van der Waals surface area contributed by atoms with Crippen LogP contribution in [0.5, 0.6) is 0 Å². The van der Waals surface area contributed by atoms with Crippen molar-refractivity contribution in [3.8, 4) is 6.07 Å². The van der Waals surface area contributed by atoms with Gasteiger partial charge in [0.1, 0.15) is 5.82 Å². The van der Waals surface area contributed by atoms with Crippen LogP contribution < -0.4 is 5.32 Å². The maximum Gasteiger partial charge on any atom is 0.123 e. The van der Waals surface area contributed by atoms with Gasteiger partial charge in [0.05, 0.1) is 11.6 Å². The van der Waals surface area contributed by atoms with Gasteiger partial charge in [0.15, 0.2) is 0 Å². The van der Waals surface area contributed by atoms with Crippen LogP contribution in [0, 0.1) is 24.1 Å². The molecule has 2 aromatic rings. The summed E-state index contributed by atoms with van der Waals surface area (Å²) >= 11 is 0. The molecule has 0 saturated carbocycles. The summed E-state index contributed by atoms with van der Waals surface area (Å²) in [6.45, 7) is 4.69. The zero-order valence-corrected chi connectivity index (χ0v) is 11.7. The van der Waals surface area contributed by atoms with E-state index in [1.165, 1.54) is 6.07 Å². The molecule has 0 heterocycles. The molecule has 0 aliphatic carbocycles. The number of nitriles is 1. The first-order chi connectivity index (χ1) is 9.60. The smallest absolute Gasteiger partial charge is 0.123 e. The molecule has 0 aromatic heterocycles. The molecule has 2 rings (SSSR count). The van der Waals surface area contributed by atoms with Crippen LogP contribution in [-0.2, 0) is 6.54 Å². The van der Waals surface area contributed by atoms with E-state index >= 15 is 0 Å².